The van der Waals surface area contributed by atoms with Crippen LogP contribution in [-0.2, 0) is 11.2 Å². The van der Waals surface area contributed by atoms with Gasteiger partial charge in [0.05, 0.1) is 12.4 Å². The van der Waals surface area contributed by atoms with Gasteiger partial charge in [-0.2, -0.15) is 0 Å². The zero-order chi connectivity index (χ0) is 13.1. The van der Waals surface area contributed by atoms with E-state index in [1.165, 1.54) is 0 Å². The molecule has 3 atom stereocenters. The Kier molecular flexibility index (Phi) is 2.33. The molecular weight excluding hydrogens is 228 g/mol. The van der Waals surface area contributed by atoms with E-state index < -0.39 is 6.10 Å². The molecule has 0 aromatic carbocycles. The van der Waals surface area contributed by atoms with Gasteiger partial charge in [-0.05, 0) is 24.5 Å². The average molecular weight is 246 g/mol. The van der Waals surface area contributed by atoms with Gasteiger partial charge in [0.25, 0.3) is 0 Å². The normalized spacial score (nSPS) is 34.9. The van der Waals surface area contributed by atoms with Crippen molar-refractivity contribution in [2.45, 2.75) is 39.7 Å². The fraction of sp³-hybridized carbons (Fsp3) is 0.533. The first kappa shape index (κ1) is 11.7. The fourth-order valence-corrected chi connectivity index (χ4v) is 3.41. The first-order valence-corrected chi connectivity index (χ1v) is 6.43. The third-order valence-electron chi connectivity index (χ3n) is 4.85. The minimum Gasteiger partial charge on any atom is -0.468 e. The van der Waals surface area contributed by atoms with Gasteiger partial charge in [-0.3, -0.25) is 4.79 Å². The lowest BCUT2D eigenvalue weighted by molar-refractivity contribution is -0.118. The van der Waals surface area contributed by atoms with Gasteiger partial charge < -0.3 is 9.52 Å². The molecule has 0 fully saturated rings. The first-order valence-electron chi connectivity index (χ1n) is 6.43. The molecule has 1 N–H and O–H groups in total. The van der Waals surface area contributed by atoms with Gasteiger partial charge in [-0.25, -0.2) is 0 Å². The third-order valence-corrected chi connectivity index (χ3v) is 4.85. The van der Waals surface area contributed by atoms with Crippen LogP contribution in [0.2, 0.25) is 0 Å². The van der Waals surface area contributed by atoms with Crippen LogP contribution in [0.1, 0.15) is 43.3 Å². The molecule has 0 radical (unpaired) electrons. The molecule has 3 heteroatoms. The summed E-state index contributed by atoms with van der Waals surface area (Å²) in [7, 11) is 0. The molecule has 0 aliphatic heterocycles. The van der Waals surface area contributed by atoms with Gasteiger partial charge in [-0.1, -0.05) is 19.4 Å². The Labute approximate surface area is 106 Å². The molecule has 0 unspecified atom stereocenters. The summed E-state index contributed by atoms with van der Waals surface area (Å²) in [6.45, 7) is 6.08. The van der Waals surface area contributed by atoms with Crippen LogP contribution in [0.3, 0.4) is 0 Å². The van der Waals surface area contributed by atoms with E-state index >= 15 is 0 Å². The summed E-state index contributed by atoms with van der Waals surface area (Å²) >= 11 is 0. The number of hydrogen-bond acceptors (Lipinski definition) is 3. The Morgan fingerprint density at radius 2 is 2.22 bits per heavy atom. The van der Waals surface area contributed by atoms with Gasteiger partial charge in [-0.15, -0.1) is 0 Å². The Morgan fingerprint density at radius 1 is 1.50 bits per heavy atom. The standard InChI is InChI=1S/C15H18O3/c1-8-7-18-12-6-10-5-11(16)4-9(2)15(10,3)14(17)13(8)12/h5,7,9,14,17H,4,6H2,1-3H3/t9-,14+,15+/m0/s1. The maximum absolute atomic E-state index is 11.7. The van der Waals surface area contributed by atoms with E-state index in [9.17, 15) is 9.90 Å². The van der Waals surface area contributed by atoms with E-state index in [-0.39, 0.29) is 17.1 Å². The van der Waals surface area contributed by atoms with E-state index in [0.29, 0.717) is 12.8 Å². The number of fused-ring (bicyclic) bond motifs is 2. The molecule has 1 aromatic heterocycles. The van der Waals surface area contributed by atoms with E-state index in [1.54, 1.807) is 12.3 Å². The quantitative estimate of drug-likeness (QED) is 0.765. The summed E-state index contributed by atoms with van der Waals surface area (Å²) < 4.78 is 5.51. The predicted octanol–water partition coefficient (Wildman–Crippen LogP) is 2.72. The van der Waals surface area contributed by atoms with Gasteiger partial charge >= 0.3 is 0 Å². The Hall–Kier alpha value is -1.35. The van der Waals surface area contributed by atoms with Gasteiger partial charge in [0.15, 0.2) is 5.78 Å². The number of furan rings is 1. The lowest BCUT2D eigenvalue weighted by atomic mass is 9.58. The lowest BCUT2D eigenvalue weighted by Gasteiger charge is -2.46. The first-order chi connectivity index (χ1) is 8.44. The van der Waals surface area contributed by atoms with Crippen LogP contribution in [0.25, 0.3) is 0 Å². The third kappa shape index (κ3) is 1.31. The number of ketones is 1. The van der Waals surface area contributed by atoms with Crippen molar-refractivity contribution in [3.8, 4) is 0 Å². The van der Waals surface area contributed by atoms with Crippen molar-refractivity contribution in [1.29, 1.82) is 0 Å². The molecule has 1 aromatic rings. The van der Waals surface area contributed by atoms with E-state index in [1.807, 2.05) is 6.92 Å². The number of hydrogen-bond donors (Lipinski definition) is 1. The zero-order valence-corrected chi connectivity index (χ0v) is 11.0. The topological polar surface area (TPSA) is 50.4 Å². The highest BCUT2D eigenvalue weighted by atomic mass is 16.3. The summed E-state index contributed by atoms with van der Waals surface area (Å²) in [6.07, 6.45) is 4.00. The van der Waals surface area contributed by atoms with Crippen molar-refractivity contribution >= 4 is 5.78 Å². The number of carbonyl (C=O) groups is 1. The smallest absolute Gasteiger partial charge is 0.155 e. The Morgan fingerprint density at radius 3 is 2.94 bits per heavy atom. The molecule has 0 bridgehead atoms. The molecule has 0 saturated heterocycles. The minimum atomic E-state index is -0.575. The van der Waals surface area contributed by atoms with Gasteiger partial charge in [0.1, 0.15) is 5.76 Å². The fourth-order valence-electron chi connectivity index (χ4n) is 3.41. The van der Waals surface area contributed by atoms with Crippen molar-refractivity contribution in [3.05, 3.63) is 34.8 Å². The zero-order valence-electron chi connectivity index (χ0n) is 11.0. The molecule has 0 saturated carbocycles. The van der Waals surface area contributed by atoms with Crippen molar-refractivity contribution in [2.24, 2.45) is 11.3 Å². The molecule has 96 valence electrons. The largest absolute Gasteiger partial charge is 0.468 e. The molecule has 2 aliphatic carbocycles. The molecule has 0 spiro atoms. The number of aliphatic hydroxyl groups excluding tert-OH is 1. The van der Waals surface area contributed by atoms with Crippen LogP contribution in [0.15, 0.2) is 22.3 Å². The number of carbonyl (C=O) groups excluding carboxylic acids is 1. The summed E-state index contributed by atoms with van der Waals surface area (Å²) in [6, 6.07) is 0. The lowest BCUT2D eigenvalue weighted by Crippen LogP contribution is -2.42. The molecule has 0 amide bonds. The monoisotopic (exact) mass is 246 g/mol. The Balaban J connectivity index is 2.20. The van der Waals surface area contributed by atoms with Crippen molar-refractivity contribution in [2.75, 3.05) is 0 Å². The van der Waals surface area contributed by atoms with Crippen LogP contribution in [-0.4, -0.2) is 10.9 Å². The average Bonchev–Trinajstić information content (AvgIpc) is 2.65. The predicted molar refractivity (Wildman–Crippen MR) is 67.1 cm³/mol. The van der Waals surface area contributed by atoms with E-state index in [4.69, 9.17) is 4.42 Å². The maximum atomic E-state index is 11.7. The summed E-state index contributed by atoms with van der Waals surface area (Å²) in [5, 5.41) is 10.7. The van der Waals surface area contributed by atoms with Crippen LogP contribution < -0.4 is 0 Å². The molecular formula is C15H18O3. The van der Waals surface area contributed by atoms with E-state index in [2.05, 4.69) is 13.8 Å². The maximum Gasteiger partial charge on any atom is 0.155 e. The van der Waals surface area contributed by atoms with Crippen molar-refractivity contribution < 1.29 is 14.3 Å². The molecule has 3 rings (SSSR count). The van der Waals surface area contributed by atoms with E-state index in [0.717, 1.165) is 22.5 Å². The number of rotatable bonds is 0. The summed E-state index contributed by atoms with van der Waals surface area (Å²) in [4.78, 5) is 11.7. The molecule has 18 heavy (non-hydrogen) atoms. The molecule has 1 heterocycles. The minimum absolute atomic E-state index is 0.155. The van der Waals surface area contributed by atoms with Crippen LogP contribution in [0.4, 0.5) is 0 Å². The van der Waals surface area contributed by atoms with Crippen molar-refractivity contribution in [1.82, 2.24) is 0 Å². The molecule has 3 nitrogen and oxygen atoms in total. The second kappa shape index (κ2) is 3.58. The highest BCUT2D eigenvalue weighted by molar-refractivity contribution is 5.92. The molecule has 2 aliphatic rings. The number of allylic oxidation sites excluding steroid dienone is 1. The van der Waals surface area contributed by atoms with Gasteiger partial charge in [0.2, 0.25) is 0 Å². The van der Waals surface area contributed by atoms with Crippen LogP contribution in [0.5, 0.6) is 0 Å². The van der Waals surface area contributed by atoms with Crippen LogP contribution >= 0.6 is 0 Å². The van der Waals surface area contributed by atoms with Gasteiger partial charge in [0, 0.05) is 23.8 Å². The Bertz CT molecular complexity index is 552. The second-order valence-corrected chi connectivity index (χ2v) is 5.86. The highest BCUT2D eigenvalue weighted by Crippen LogP contribution is 2.55. The highest BCUT2D eigenvalue weighted by Gasteiger charge is 2.50. The van der Waals surface area contributed by atoms with Crippen LogP contribution in [0, 0.1) is 18.3 Å². The summed E-state index contributed by atoms with van der Waals surface area (Å²) in [5.74, 6) is 1.13. The number of aryl methyl sites for hydroxylation is 1. The summed E-state index contributed by atoms with van der Waals surface area (Å²) in [5.41, 5.74) is 2.61. The second-order valence-electron chi connectivity index (χ2n) is 5.86. The number of aliphatic hydroxyl groups is 1. The SMILES string of the molecule is Cc1coc2c1[C@@H](O)[C@@]1(C)C(=CC(=O)C[C@@H]1C)C2. The van der Waals surface area contributed by atoms with Crippen molar-refractivity contribution in [3.63, 3.8) is 0 Å².